The van der Waals surface area contributed by atoms with Crippen LogP contribution >= 0.6 is 34.8 Å². The van der Waals surface area contributed by atoms with Crippen molar-refractivity contribution in [1.82, 2.24) is 10.2 Å². The van der Waals surface area contributed by atoms with Gasteiger partial charge in [-0.25, -0.2) is 4.79 Å². The molecule has 2 aliphatic rings. The smallest absolute Gasteiger partial charge is 0.333 e. The van der Waals surface area contributed by atoms with E-state index in [1.165, 1.54) is 0 Å². The first-order valence-corrected chi connectivity index (χ1v) is 11.2. The van der Waals surface area contributed by atoms with Crippen molar-refractivity contribution in [2.45, 2.75) is 21.3 Å². The third-order valence-electron chi connectivity index (χ3n) is 4.37. The molecule has 0 saturated carbocycles. The Labute approximate surface area is 190 Å². The van der Waals surface area contributed by atoms with E-state index in [0.29, 0.717) is 5.75 Å². The number of carbonyl (C=O) groups excluding carboxylic acids is 3. The van der Waals surface area contributed by atoms with Crippen molar-refractivity contribution in [1.29, 1.82) is 0 Å². The van der Waals surface area contributed by atoms with Gasteiger partial charge in [0.05, 0.1) is 0 Å². The monoisotopic (exact) mass is 494 g/mol. The Morgan fingerprint density at radius 1 is 1.30 bits per heavy atom. The number of carbonyl (C=O) groups is 3. The van der Waals surface area contributed by atoms with Crippen LogP contribution in [0.2, 0.25) is 0 Å². The zero-order valence-corrected chi connectivity index (χ0v) is 18.5. The number of para-hydroxylation sites is 1. The number of rotatable bonds is 6. The third kappa shape index (κ3) is 5.15. The summed E-state index contributed by atoms with van der Waals surface area (Å²) in [6, 6.07) is 6.45. The predicted octanol–water partition coefficient (Wildman–Crippen LogP) is 1.32. The van der Waals surface area contributed by atoms with Gasteiger partial charge in [0, 0.05) is 5.57 Å². The van der Waals surface area contributed by atoms with Gasteiger partial charge in [-0.15, -0.1) is 0 Å². The minimum Gasteiger partial charge on any atom is -0.614 e. The van der Waals surface area contributed by atoms with E-state index in [-0.39, 0.29) is 17.9 Å². The molecule has 3 rings (SSSR count). The number of nitrogens with one attached hydrogen (secondary N) is 1. The highest BCUT2D eigenvalue weighted by Crippen LogP contribution is 2.37. The minimum absolute atomic E-state index is 0.0329. The molecule has 1 aromatic carbocycles. The molecule has 1 aromatic rings. The van der Waals surface area contributed by atoms with E-state index in [2.05, 4.69) is 11.9 Å². The topological polar surface area (TPSA) is 108 Å². The Morgan fingerprint density at radius 2 is 1.97 bits per heavy atom. The van der Waals surface area contributed by atoms with E-state index in [4.69, 9.17) is 44.3 Å². The molecule has 0 radical (unpaired) electrons. The first-order chi connectivity index (χ1) is 14.1. The van der Waals surface area contributed by atoms with Crippen molar-refractivity contribution in [2.75, 3.05) is 19.0 Å². The number of esters is 1. The Hall–Kier alpha value is -1.65. The van der Waals surface area contributed by atoms with Crippen LogP contribution in [0.4, 0.5) is 0 Å². The fourth-order valence-electron chi connectivity index (χ4n) is 3.11. The van der Waals surface area contributed by atoms with Crippen LogP contribution in [-0.4, -0.2) is 67.5 Å². The van der Waals surface area contributed by atoms with Crippen LogP contribution in [-0.2, 0) is 30.3 Å². The molecule has 2 heterocycles. The molecule has 0 spiro atoms. The summed E-state index contributed by atoms with van der Waals surface area (Å²) in [6.07, 6.45) is 0. The molecule has 0 aromatic heterocycles. The van der Waals surface area contributed by atoms with Gasteiger partial charge in [0.25, 0.3) is 11.8 Å². The van der Waals surface area contributed by atoms with E-state index in [9.17, 15) is 18.9 Å². The largest absolute Gasteiger partial charge is 0.614 e. The molecule has 4 atom stereocenters. The summed E-state index contributed by atoms with van der Waals surface area (Å²) < 4.78 is 21.0. The number of hydrogen-bond acceptors (Lipinski definition) is 6. The van der Waals surface area contributed by atoms with Crippen LogP contribution < -0.4 is 10.1 Å². The van der Waals surface area contributed by atoms with Gasteiger partial charge in [0.15, 0.2) is 18.7 Å². The summed E-state index contributed by atoms with van der Waals surface area (Å²) in [5, 5.41) is 1.61. The summed E-state index contributed by atoms with van der Waals surface area (Å²) in [6.45, 7) is 2.87. The van der Waals surface area contributed by atoms with E-state index >= 15 is 0 Å². The number of benzene rings is 1. The van der Waals surface area contributed by atoms with Crippen molar-refractivity contribution in [2.24, 2.45) is 0 Å². The fraction of sp³-hybridized carbons (Fsp3) is 0.389. The lowest BCUT2D eigenvalue weighted by Crippen LogP contribution is -2.78. The predicted molar refractivity (Wildman–Crippen MR) is 112 cm³/mol. The average Bonchev–Trinajstić information content (AvgIpc) is 2.68. The summed E-state index contributed by atoms with van der Waals surface area (Å²) in [5.41, 5.74) is 0.240. The first kappa shape index (κ1) is 23.0. The Kier molecular flexibility index (Phi) is 7.09. The highest BCUT2D eigenvalue weighted by atomic mass is 35.6. The van der Waals surface area contributed by atoms with Crippen LogP contribution in [0.15, 0.2) is 42.5 Å². The Bertz CT molecular complexity index is 850. The summed E-state index contributed by atoms with van der Waals surface area (Å²) in [7, 11) is 0. The standard InChI is InChI=1S/C18H17Cl3N2O6S/c1-10-8-30(27)16-13(22-12(24)7-28-11-5-3-2-4-6-11)15(25)23(16)14(10)17(26)29-9-18(19,20)21/h2-6,13-14,16H,1,7-9H2,(H,22,24)/t13?,14?,16-,30?/m0/s1. The van der Waals surface area contributed by atoms with Crippen molar-refractivity contribution in [3.05, 3.63) is 42.5 Å². The molecule has 162 valence electrons. The molecule has 2 saturated heterocycles. The van der Waals surface area contributed by atoms with Crippen molar-refractivity contribution in [3.63, 3.8) is 0 Å². The number of ether oxygens (including phenoxy) is 2. The van der Waals surface area contributed by atoms with Gasteiger partial charge in [-0.3, -0.25) is 14.5 Å². The second kappa shape index (κ2) is 9.23. The molecule has 1 N–H and O–H groups in total. The summed E-state index contributed by atoms with van der Waals surface area (Å²) in [4.78, 5) is 38.3. The van der Waals surface area contributed by atoms with Crippen LogP contribution in [0.5, 0.6) is 5.75 Å². The van der Waals surface area contributed by atoms with Crippen molar-refractivity contribution >= 4 is 63.8 Å². The maximum atomic E-state index is 12.6. The van der Waals surface area contributed by atoms with E-state index in [1.807, 2.05) is 0 Å². The number of hydrogen-bond donors (Lipinski definition) is 1. The maximum absolute atomic E-state index is 12.6. The molecule has 2 aliphatic heterocycles. The van der Waals surface area contributed by atoms with Gasteiger partial charge in [0.1, 0.15) is 18.1 Å². The molecule has 8 nitrogen and oxygen atoms in total. The highest BCUT2D eigenvalue weighted by Gasteiger charge is 2.63. The number of amides is 2. The number of halogens is 3. The van der Waals surface area contributed by atoms with Gasteiger partial charge in [-0.2, -0.15) is 0 Å². The quantitative estimate of drug-likeness (QED) is 0.210. The molecule has 2 fully saturated rings. The first-order valence-electron chi connectivity index (χ1n) is 8.66. The Balaban J connectivity index is 1.62. The third-order valence-corrected chi connectivity index (χ3v) is 6.39. The zero-order valence-electron chi connectivity index (χ0n) is 15.4. The molecule has 3 unspecified atom stereocenters. The minimum atomic E-state index is -1.82. The highest BCUT2D eigenvalue weighted by molar-refractivity contribution is 7.92. The fourth-order valence-corrected chi connectivity index (χ4v) is 4.93. The zero-order chi connectivity index (χ0) is 22.1. The van der Waals surface area contributed by atoms with Gasteiger partial charge >= 0.3 is 5.97 Å². The lowest BCUT2D eigenvalue weighted by atomic mass is 9.98. The molecule has 2 amide bonds. The second-order valence-electron chi connectivity index (χ2n) is 6.59. The van der Waals surface area contributed by atoms with Crippen LogP contribution in [0.25, 0.3) is 0 Å². The van der Waals surface area contributed by atoms with Crippen LogP contribution in [0.1, 0.15) is 0 Å². The maximum Gasteiger partial charge on any atom is 0.333 e. The lowest BCUT2D eigenvalue weighted by Gasteiger charge is -2.52. The normalized spacial score (nSPS) is 25.8. The lowest BCUT2D eigenvalue weighted by molar-refractivity contribution is -0.163. The molecule has 12 heteroatoms. The molecular formula is C18H17Cl3N2O6S. The van der Waals surface area contributed by atoms with Gasteiger partial charge in [-0.05, 0) is 23.3 Å². The number of alkyl halides is 3. The van der Waals surface area contributed by atoms with E-state index in [0.717, 1.165) is 4.90 Å². The van der Waals surface area contributed by atoms with Crippen molar-refractivity contribution in [3.8, 4) is 5.75 Å². The van der Waals surface area contributed by atoms with E-state index in [1.54, 1.807) is 30.3 Å². The number of fused-ring (bicyclic) bond motifs is 1. The second-order valence-corrected chi connectivity index (χ2v) is 10.6. The average molecular weight is 496 g/mol. The van der Waals surface area contributed by atoms with Gasteiger partial charge in [0.2, 0.25) is 9.17 Å². The number of nitrogens with zero attached hydrogens (tertiary/aromatic N) is 1. The molecule has 0 aliphatic carbocycles. The summed E-state index contributed by atoms with van der Waals surface area (Å²) in [5.74, 6) is -1.54. The summed E-state index contributed by atoms with van der Waals surface area (Å²) >= 11 is 15.2. The van der Waals surface area contributed by atoms with Crippen LogP contribution in [0.3, 0.4) is 0 Å². The molecule has 0 bridgehead atoms. The molecular weight excluding hydrogens is 479 g/mol. The number of β-lactam (4-membered cyclic amide) rings is 1. The van der Waals surface area contributed by atoms with Crippen LogP contribution in [0, 0.1) is 0 Å². The Morgan fingerprint density at radius 3 is 2.60 bits per heavy atom. The van der Waals surface area contributed by atoms with Gasteiger partial charge in [-0.1, -0.05) is 59.6 Å². The SMILES string of the molecule is C=C1C[S+]([O-])[C@H]2C(NC(=O)COc3ccccc3)C(=O)N2C1C(=O)OCC(Cl)(Cl)Cl. The van der Waals surface area contributed by atoms with Crippen molar-refractivity contribution < 1.29 is 28.4 Å². The van der Waals surface area contributed by atoms with E-state index < -0.39 is 56.8 Å². The van der Waals surface area contributed by atoms with Gasteiger partial charge < -0.3 is 19.3 Å². The molecule has 30 heavy (non-hydrogen) atoms.